The van der Waals surface area contributed by atoms with E-state index in [1.165, 1.54) is 0 Å². The Morgan fingerprint density at radius 2 is 2.21 bits per heavy atom. The fourth-order valence-electron chi connectivity index (χ4n) is 1.09. The summed E-state index contributed by atoms with van der Waals surface area (Å²) in [6.07, 6.45) is 4.03. The highest BCUT2D eigenvalue weighted by Crippen LogP contribution is 2.17. The summed E-state index contributed by atoms with van der Waals surface area (Å²) in [5.74, 6) is 0. The highest BCUT2D eigenvalue weighted by atomic mass is 35.5. The summed E-state index contributed by atoms with van der Waals surface area (Å²) in [6.45, 7) is 7.45. The molecule has 1 rings (SSSR count). The van der Waals surface area contributed by atoms with Crippen LogP contribution in [0.3, 0.4) is 0 Å². The fourth-order valence-corrected chi connectivity index (χ4v) is 1.20. The van der Waals surface area contributed by atoms with E-state index in [0.717, 1.165) is 12.1 Å². The van der Waals surface area contributed by atoms with Crippen molar-refractivity contribution in [1.29, 1.82) is 0 Å². The highest BCUT2D eigenvalue weighted by molar-refractivity contribution is 6.20. The molecule has 1 unspecified atom stereocenters. The lowest BCUT2D eigenvalue weighted by atomic mass is 10.3. The number of aromatic nitrogens is 2. The largest absolute Gasteiger partial charge is 0.377 e. The molecule has 4 heteroatoms. The standard InChI is InChI=1S/C10H17ClN2O/c1-8(2)14-5-4-13-7-10(6-12-13)9(3)11/h6-9H,4-5H2,1-3H3. The van der Waals surface area contributed by atoms with Gasteiger partial charge in [-0.3, -0.25) is 4.68 Å². The molecule has 0 N–H and O–H groups in total. The summed E-state index contributed by atoms with van der Waals surface area (Å²) in [6, 6.07) is 0. The molecule has 0 aliphatic carbocycles. The van der Waals surface area contributed by atoms with Crippen LogP contribution >= 0.6 is 11.6 Å². The summed E-state index contributed by atoms with van der Waals surface area (Å²) in [5.41, 5.74) is 1.05. The van der Waals surface area contributed by atoms with Gasteiger partial charge in [0, 0.05) is 11.8 Å². The van der Waals surface area contributed by atoms with E-state index < -0.39 is 0 Å². The molecule has 0 spiro atoms. The van der Waals surface area contributed by atoms with Gasteiger partial charge >= 0.3 is 0 Å². The third-order valence-corrected chi connectivity index (χ3v) is 2.14. The number of alkyl halides is 1. The van der Waals surface area contributed by atoms with Crippen LogP contribution in [0.4, 0.5) is 0 Å². The lowest BCUT2D eigenvalue weighted by Crippen LogP contribution is -2.10. The van der Waals surface area contributed by atoms with Gasteiger partial charge in [-0.1, -0.05) is 0 Å². The Kier molecular flexibility index (Phi) is 4.42. The molecule has 0 saturated carbocycles. The van der Waals surface area contributed by atoms with Crippen molar-refractivity contribution in [3.05, 3.63) is 18.0 Å². The molecule has 14 heavy (non-hydrogen) atoms. The molecule has 0 aliphatic heterocycles. The minimum Gasteiger partial charge on any atom is -0.377 e. The van der Waals surface area contributed by atoms with Crippen molar-refractivity contribution in [2.45, 2.75) is 38.8 Å². The Bertz CT molecular complexity index is 271. The predicted octanol–water partition coefficient (Wildman–Crippen LogP) is 2.61. The van der Waals surface area contributed by atoms with Crippen LogP contribution in [-0.4, -0.2) is 22.5 Å². The number of hydrogen-bond acceptors (Lipinski definition) is 2. The van der Waals surface area contributed by atoms with Gasteiger partial charge in [0.25, 0.3) is 0 Å². The van der Waals surface area contributed by atoms with Gasteiger partial charge in [0.1, 0.15) is 0 Å². The lowest BCUT2D eigenvalue weighted by Gasteiger charge is -2.06. The third-order valence-electron chi connectivity index (χ3n) is 1.88. The molecule has 3 nitrogen and oxygen atoms in total. The van der Waals surface area contributed by atoms with Gasteiger partial charge in [0.15, 0.2) is 0 Å². The monoisotopic (exact) mass is 216 g/mol. The normalized spacial score (nSPS) is 13.5. The second-order valence-electron chi connectivity index (χ2n) is 3.57. The summed E-state index contributed by atoms with van der Waals surface area (Å²) < 4.78 is 7.28. The number of ether oxygens (including phenoxy) is 1. The molecule has 1 aromatic rings. The maximum absolute atomic E-state index is 5.92. The van der Waals surface area contributed by atoms with Crippen LogP contribution in [0.2, 0.25) is 0 Å². The lowest BCUT2D eigenvalue weighted by molar-refractivity contribution is 0.0709. The van der Waals surface area contributed by atoms with Gasteiger partial charge < -0.3 is 4.74 Å². The first-order chi connectivity index (χ1) is 6.59. The summed E-state index contributed by atoms with van der Waals surface area (Å²) in [7, 11) is 0. The first-order valence-corrected chi connectivity index (χ1v) is 5.31. The Morgan fingerprint density at radius 1 is 1.50 bits per heavy atom. The zero-order valence-electron chi connectivity index (χ0n) is 8.90. The zero-order chi connectivity index (χ0) is 10.6. The van der Waals surface area contributed by atoms with Crippen molar-refractivity contribution >= 4 is 11.6 Å². The molecule has 0 saturated heterocycles. The average molecular weight is 217 g/mol. The fraction of sp³-hybridized carbons (Fsp3) is 0.700. The van der Waals surface area contributed by atoms with Gasteiger partial charge in [-0.25, -0.2) is 0 Å². The van der Waals surface area contributed by atoms with Crippen LogP contribution in [0.25, 0.3) is 0 Å². The number of halogens is 1. The quantitative estimate of drug-likeness (QED) is 0.708. The SMILES string of the molecule is CC(C)OCCn1cc(C(C)Cl)cn1. The molecule has 0 bridgehead atoms. The first-order valence-electron chi connectivity index (χ1n) is 4.87. The van der Waals surface area contributed by atoms with Gasteiger partial charge in [-0.2, -0.15) is 5.10 Å². The van der Waals surface area contributed by atoms with Crippen LogP contribution in [-0.2, 0) is 11.3 Å². The van der Waals surface area contributed by atoms with Gasteiger partial charge in [-0.15, -0.1) is 11.6 Å². The molecular formula is C10H17ClN2O. The van der Waals surface area contributed by atoms with Crippen molar-refractivity contribution in [1.82, 2.24) is 9.78 Å². The van der Waals surface area contributed by atoms with E-state index in [4.69, 9.17) is 16.3 Å². The minimum atomic E-state index is 0.0229. The summed E-state index contributed by atoms with van der Waals surface area (Å²) >= 11 is 5.92. The summed E-state index contributed by atoms with van der Waals surface area (Å²) in [4.78, 5) is 0. The number of nitrogens with zero attached hydrogens (tertiary/aromatic N) is 2. The Balaban J connectivity index is 2.36. The maximum Gasteiger partial charge on any atom is 0.0666 e. The molecule has 0 fully saturated rings. The van der Waals surface area contributed by atoms with Gasteiger partial charge in [0.05, 0.1) is 30.8 Å². The number of hydrogen-bond donors (Lipinski definition) is 0. The third kappa shape index (κ3) is 3.68. The average Bonchev–Trinajstić information content (AvgIpc) is 2.52. The minimum absolute atomic E-state index is 0.0229. The molecule has 0 aliphatic rings. The van der Waals surface area contributed by atoms with E-state index in [9.17, 15) is 0 Å². The molecule has 1 atom stereocenters. The van der Waals surface area contributed by atoms with Crippen LogP contribution in [0.15, 0.2) is 12.4 Å². The van der Waals surface area contributed by atoms with Crippen LogP contribution in [0.1, 0.15) is 31.7 Å². The molecule has 1 heterocycles. The first kappa shape index (κ1) is 11.5. The van der Waals surface area contributed by atoms with Gasteiger partial charge in [-0.05, 0) is 20.8 Å². The van der Waals surface area contributed by atoms with E-state index in [0.29, 0.717) is 6.61 Å². The van der Waals surface area contributed by atoms with E-state index >= 15 is 0 Å². The Hall–Kier alpha value is -0.540. The van der Waals surface area contributed by atoms with E-state index in [2.05, 4.69) is 5.10 Å². The molecule has 1 aromatic heterocycles. The molecule has 0 aromatic carbocycles. The zero-order valence-corrected chi connectivity index (χ0v) is 9.66. The smallest absolute Gasteiger partial charge is 0.0666 e. The van der Waals surface area contributed by atoms with Crippen molar-refractivity contribution < 1.29 is 4.74 Å². The molecule has 0 radical (unpaired) electrons. The summed E-state index contributed by atoms with van der Waals surface area (Å²) in [5, 5.41) is 4.21. The van der Waals surface area contributed by atoms with Crippen molar-refractivity contribution in [2.24, 2.45) is 0 Å². The molecule has 80 valence electrons. The van der Waals surface area contributed by atoms with E-state index in [1.54, 1.807) is 6.20 Å². The van der Waals surface area contributed by atoms with Crippen molar-refractivity contribution in [3.8, 4) is 0 Å². The Morgan fingerprint density at radius 3 is 2.71 bits per heavy atom. The number of rotatable bonds is 5. The highest BCUT2D eigenvalue weighted by Gasteiger charge is 2.04. The predicted molar refractivity (Wildman–Crippen MR) is 57.6 cm³/mol. The van der Waals surface area contributed by atoms with Crippen LogP contribution in [0, 0.1) is 0 Å². The molecular weight excluding hydrogens is 200 g/mol. The van der Waals surface area contributed by atoms with E-state index in [-0.39, 0.29) is 11.5 Å². The van der Waals surface area contributed by atoms with Crippen LogP contribution in [0.5, 0.6) is 0 Å². The maximum atomic E-state index is 5.92. The van der Waals surface area contributed by atoms with Gasteiger partial charge in [0.2, 0.25) is 0 Å². The van der Waals surface area contributed by atoms with E-state index in [1.807, 2.05) is 31.6 Å². The van der Waals surface area contributed by atoms with Crippen LogP contribution < -0.4 is 0 Å². The molecule has 0 amide bonds. The topological polar surface area (TPSA) is 27.1 Å². The Labute approximate surface area is 90.0 Å². The van der Waals surface area contributed by atoms with Crippen molar-refractivity contribution in [2.75, 3.05) is 6.61 Å². The second kappa shape index (κ2) is 5.37. The second-order valence-corrected chi connectivity index (χ2v) is 4.23. The van der Waals surface area contributed by atoms with Crippen molar-refractivity contribution in [3.63, 3.8) is 0 Å².